The van der Waals surface area contributed by atoms with Crippen LogP contribution in [0.5, 0.6) is 0 Å². The van der Waals surface area contributed by atoms with Crippen molar-refractivity contribution in [2.45, 2.75) is 77.5 Å². The fourth-order valence-electron chi connectivity index (χ4n) is 5.39. The van der Waals surface area contributed by atoms with Crippen molar-refractivity contribution in [3.8, 4) is 0 Å². The zero-order valence-electron chi connectivity index (χ0n) is 21.6. The van der Waals surface area contributed by atoms with Gasteiger partial charge in [-0.1, -0.05) is 19.1 Å². The van der Waals surface area contributed by atoms with Gasteiger partial charge < -0.3 is 25.3 Å². The summed E-state index contributed by atoms with van der Waals surface area (Å²) in [6.07, 6.45) is 3.94. The number of aliphatic hydroxyl groups excluding tert-OH is 1. The molecular formula is C27H40N4O5. The molecule has 2 atom stereocenters. The fourth-order valence-corrected chi connectivity index (χ4v) is 5.39. The Bertz CT molecular complexity index is 953. The van der Waals surface area contributed by atoms with Gasteiger partial charge in [0, 0.05) is 42.7 Å². The maximum Gasteiger partial charge on any atom is 0.303 e. The Morgan fingerprint density at radius 1 is 1.06 bits per heavy atom. The largest absolute Gasteiger partial charge is 0.481 e. The highest BCUT2D eigenvalue weighted by Gasteiger charge is 2.38. The molecule has 2 heterocycles. The van der Waals surface area contributed by atoms with Crippen LogP contribution >= 0.6 is 0 Å². The lowest BCUT2D eigenvalue weighted by molar-refractivity contribution is -0.140. The first-order valence-electron chi connectivity index (χ1n) is 13.0. The number of benzene rings is 1. The van der Waals surface area contributed by atoms with Crippen molar-refractivity contribution in [3.05, 3.63) is 35.4 Å². The molecule has 3 rings (SSSR count). The van der Waals surface area contributed by atoms with Crippen LogP contribution in [0.25, 0.3) is 0 Å². The summed E-state index contributed by atoms with van der Waals surface area (Å²) in [5.74, 6) is -1.17. The van der Waals surface area contributed by atoms with Crippen LogP contribution in [-0.4, -0.2) is 75.0 Å². The summed E-state index contributed by atoms with van der Waals surface area (Å²) < 4.78 is 0. The second-order valence-corrected chi connectivity index (χ2v) is 10.6. The Kier molecular flexibility index (Phi) is 9.11. The average molecular weight is 501 g/mol. The highest BCUT2D eigenvalue weighted by molar-refractivity contribution is 5.99. The predicted octanol–water partition coefficient (Wildman–Crippen LogP) is 3.06. The van der Waals surface area contributed by atoms with Gasteiger partial charge in [0.25, 0.3) is 5.91 Å². The van der Waals surface area contributed by atoms with Crippen molar-refractivity contribution in [3.63, 3.8) is 0 Å². The highest BCUT2D eigenvalue weighted by atomic mass is 16.4. The minimum Gasteiger partial charge on any atom is -0.481 e. The molecule has 198 valence electrons. The fraction of sp³-hybridized carbons (Fsp3) is 0.630. The molecule has 2 saturated heterocycles. The van der Waals surface area contributed by atoms with Gasteiger partial charge in [-0.15, -0.1) is 0 Å². The average Bonchev–Trinajstić information content (AvgIpc) is 2.84. The molecule has 0 aliphatic carbocycles. The van der Waals surface area contributed by atoms with E-state index in [1.165, 1.54) is 0 Å². The van der Waals surface area contributed by atoms with Crippen molar-refractivity contribution in [2.24, 2.45) is 11.8 Å². The lowest BCUT2D eigenvalue weighted by atomic mass is 9.83. The van der Waals surface area contributed by atoms with Gasteiger partial charge in [0.2, 0.25) is 5.91 Å². The van der Waals surface area contributed by atoms with Crippen LogP contribution in [0.2, 0.25) is 0 Å². The number of carboxylic acid groups (broad SMARTS) is 1. The van der Waals surface area contributed by atoms with Crippen LogP contribution in [0.1, 0.15) is 81.6 Å². The molecule has 0 spiro atoms. The lowest BCUT2D eigenvalue weighted by Gasteiger charge is -2.39. The van der Waals surface area contributed by atoms with Crippen LogP contribution in [0.15, 0.2) is 24.3 Å². The number of carbonyl (C=O) groups excluding carboxylic acids is 2. The molecule has 2 aliphatic rings. The highest BCUT2D eigenvalue weighted by Crippen LogP contribution is 2.27. The van der Waals surface area contributed by atoms with Crippen molar-refractivity contribution in [1.29, 1.82) is 5.41 Å². The molecule has 9 nitrogen and oxygen atoms in total. The number of piperidine rings is 2. The predicted molar refractivity (Wildman–Crippen MR) is 137 cm³/mol. The third-order valence-electron chi connectivity index (χ3n) is 7.58. The van der Waals surface area contributed by atoms with E-state index in [1.807, 2.05) is 20.8 Å². The van der Waals surface area contributed by atoms with Crippen LogP contribution in [0.4, 0.5) is 0 Å². The monoisotopic (exact) mass is 500 g/mol. The third-order valence-corrected chi connectivity index (χ3v) is 7.58. The van der Waals surface area contributed by atoms with Crippen molar-refractivity contribution >= 4 is 23.6 Å². The summed E-state index contributed by atoms with van der Waals surface area (Å²) in [6, 6.07) is 6.77. The van der Waals surface area contributed by atoms with Gasteiger partial charge >= 0.3 is 5.97 Å². The SMILES string of the molecule is CCC(C(=O)N1CCC(CC(=O)O)CC1)C(C)(C)NC(=O)c1ccc(C(=N)N2CCCCC2O)cc1. The van der Waals surface area contributed by atoms with Gasteiger partial charge in [0.05, 0.1) is 5.92 Å². The number of rotatable bonds is 8. The van der Waals surface area contributed by atoms with Gasteiger partial charge in [0.15, 0.2) is 0 Å². The van der Waals surface area contributed by atoms with Gasteiger partial charge in [-0.2, -0.15) is 0 Å². The Hall–Kier alpha value is -2.94. The van der Waals surface area contributed by atoms with E-state index in [9.17, 15) is 19.5 Å². The molecule has 9 heteroatoms. The molecule has 1 aromatic rings. The normalized spacial score (nSPS) is 20.1. The Morgan fingerprint density at radius 3 is 2.22 bits per heavy atom. The molecule has 0 bridgehead atoms. The van der Waals surface area contributed by atoms with E-state index in [1.54, 1.807) is 34.1 Å². The number of nitrogens with one attached hydrogen (secondary N) is 2. The number of hydrogen-bond acceptors (Lipinski definition) is 5. The number of nitrogens with zero attached hydrogens (tertiary/aromatic N) is 2. The van der Waals surface area contributed by atoms with Crippen molar-refractivity contribution in [2.75, 3.05) is 19.6 Å². The lowest BCUT2D eigenvalue weighted by Crippen LogP contribution is -2.55. The molecule has 0 radical (unpaired) electrons. The topological polar surface area (TPSA) is 134 Å². The molecule has 2 fully saturated rings. The first kappa shape index (κ1) is 27.6. The van der Waals surface area contributed by atoms with E-state index in [2.05, 4.69) is 5.32 Å². The number of likely N-dealkylation sites (tertiary alicyclic amines) is 2. The van der Waals surface area contributed by atoms with E-state index in [4.69, 9.17) is 10.5 Å². The first-order valence-corrected chi connectivity index (χ1v) is 13.0. The van der Waals surface area contributed by atoms with E-state index < -0.39 is 23.7 Å². The molecular weight excluding hydrogens is 460 g/mol. The molecule has 2 amide bonds. The quantitative estimate of drug-likeness (QED) is 0.320. The van der Waals surface area contributed by atoms with Gasteiger partial charge in [-0.3, -0.25) is 19.8 Å². The second-order valence-electron chi connectivity index (χ2n) is 10.6. The minimum atomic E-state index is -0.802. The third kappa shape index (κ3) is 6.63. The van der Waals surface area contributed by atoms with Crippen LogP contribution in [0.3, 0.4) is 0 Å². The standard InChI is InChI=1S/C27H40N4O5/c1-4-21(26(36)30-15-12-18(13-16-30)17-23(33)34)27(2,3)29-25(35)20-10-8-19(9-11-20)24(28)31-14-6-5-7-22(31)32/h8-11,18,21-22,28,32H,4-7,12-17H2,1-3H3,(H,29,35)(H,33,34). The minimum absolute atomic E-state index is 0.0135. The number of carbonyl (C=O) groups is 3. The summed E-state index contributed by atoms with van der Waals surface area (Å²) in [5.41, 5.74) is 0.291. The zero-order valence-corrected chi connectivity index (χ0v) is 21.6. The van der Waals surface area contributed by atoms with Crippen molar-refractivity contribution < 1.29 is 24.6 Å². The molecule has 2 aliphatic heterocycles. The van der Waals surface area contributed by atoms with E-state index in [0.29, 0.717) is 56.4 Å². The van der Waals surface area contributed by atoms with Gasteiger partial charge in [0.1, 0.15) is 12.1 Å². The number of carboxylic acids is 1. The summed E-state index contributed by atoms with van der Waals surface area (Å²) in [6.45, 7) is 7.36. The molecule has 2 unspecified atom stereocenters. The maximum absolute atomic E-state index is 13.3. The number of aliphatic carboxylic acids is 1. The molecule has 0 saturated carbocycles. The van der Waals surface area contributed by atoms with E-state index in [0.717, 1.165) is 12.8 Å². The summed E-state index contributed by atoms with van der Waals surface area (Å²) in [7, 11) is 0. The number of amidine groups is 1. The Labute approximate surface area is 213 Å². The second kappa shape index (κ2) is 11.9. The van der Waals surface area contributed by atoms with E-state index >= 15 is 0 Å². The van der Waals surface area contributed by atoms with Crippen LogP contribution in [-0.2, 0) is 9.59 Å². The Balaban J connectivity index is 1.61. The summed E-state index contributed by atoms with van der Waals surface area (Å²) >= 11 is 0. The molecule has 4 N–H and O–H groups in total. The van der Waals surface area contributed by atoms with Crippen LogP contribution < -0.4 is 5.32 Å². The first-order chi connectivity index (χ1) is 17.0. The number of hydrogen-bond donors (Lipinski definition) is 4. The van der Waals surface area contributed by atoms with Crippen LogP contribution in [0, 0.1) is 17.2 Å². The zero-order chi connectivity index (χ0) is 26.5. The molecule has 36 heavy (non-hydrogen) atoms. The van der Waals surface area contributed by atoms with Gasteiger partial charge in [-0.05, 0) is 70.4 Å². The number of aliphatic hydroxyl groups is 1. The summed E-state index contributed by atoms with van der Waals surface area (Å²) in [4.78, 5) is 40.9. The van der Waals surface area contributed by atoms with Gasteiger partial charge in [-0.25, -0.2) is 0 Å². The van der Waals surface area contributed by atoms with E-state index in [-0.39, 0.29) is 30.0 Å². The molecule has 0 aromatic heterocycles. The number of amides is 2. The Morgan fingerprint density at radius 2 is 1.67 bits per heavy atom. The molecule has 1 aromatic carbocycles. The smallest absolute Gasteiger partial charge is 0.303 e. The maximum atomic E-state index is 13.3. The summed E-state index contributed by atoms with van der Waals surface area (Å²) in [5, 5.41) is 30.7. The van der Waals surface area contributed by atoms with Crippen molar-refractivity contribution in [1.82, 2.24) is 15.1 Å².